The normalized spacial score (nSPS) is 19.9. The smallest absolute Gasteiger partial charge is 0.348 e. The van der Waals surface area contributed by atoms with Gasteiger partial charge >= 0.3 is 5.97 Å². The minimum atomic E-state index is -3.47. The lowest BCUT2D eigenvalue weighted by atomic mass is 9.82. The third kappa shape index (κ3) is 8.13. The second-order valence-electron chi connectivity index (χ2n) is 10.00. The maximum atomic E-state index is 13.8. The van der Waals surface area contributed by atoms with Crippen LogP contribution in [-0.2, 0) is 19.4 Å². The molecule has 1 N–H and O–H groups in total. The molecule has 0 saturated heterocycles. The van der Waals surface area contributed by atoms with Gasteiger partial charge in [0, 0.05) is 24.7 Å². The fraction of sp³-hybridized carbons (Fsp3) is 0.667. The van der Waals surface area contributed by atoms with E-state index in [0.29, 0.717) is 23.6 Å². The second kappa shape index (κ2) is 11.0. The summed E-state index contributed by atoms with van der Waals surface area (Å²) in [7, 11) is -2.04. The predicted octanol–water partition coefficient (Wildman–Crippen LogP) is 4.06. The first kappa shape index (κ1) is 27.4. The molecule has 1 fully saturated rings. The molecular weight excluding hydrogens is 462 g/mol. The van der Waals surface area contributed by atoms with Gasteiger partial charge in [-0.1, -0.05) is 18.8 Å². The van der Waals surface area contributed by atoms with Gasteiger partial charge in [0.15, 0.2) is 0 Å². The van der Waals surface area contributed by atoms with Crippen molar-refractivity contribution in [3.05, 3.63) is 15.8 Å². The molecule has 0 bridgehead atoms. The number of carboxylic acids is 1. The van der Waals surface area contributed by atoms with Crippen LogP contribution in [0.3, 0.4) is 0 Å². The summed E-state index contributed by atoms with van der Waals surface area (Å²) in [4.78, 5) is 27.7. The van der Waals surface area contributed by atoms with Crippen LogP contribution < -0.4 is 4.90 Å². The summed E-state index contributed by atoms with van der Waals surface area (Å²) in [6.45, 7) is 7.98. The number of rotatable bonds is 8. The standard InChI is InChI=1S/C24H35NO6S2/c1-16-7-9-17(10-8-16)22(26)25(18(14-31-5)15-33(6,29)30)20-13-19(11-12-24(2,3)4)32-21(20)23(27)28/h13,16-18H,7-10,14-15H2,1-6H3,(H,27,28)/t16-,17-,18-/m1/s1. The summed E-state index contributed by atoms with van der Waals surface area (Å²) >= 11 is 0.997. The van der Waals surface area contributed by atoms with Crippen molar-refractivity contribution in [2.24, 2.45) is 17.3 Å². The van der Waals surface area contributed by atoms with Crippen LogP contribution in [0.1, 0.15) is 67.9 Å². The first-order valence-electron chi connectivity index (χ1n) is 11.1. The summed E-state index contributed by atoms with van der Waals surface area (Å²) in [5.41, 5.74) is -0.0866. The molecule has 184 valence electrons. The van der Waals surface area contributed by atoms with Crippen molar-refractivity contribution in [3.63, 3.8) is 0 Å². The van der Waals surface area contributed by atoms with E-state index in [1.807, 2.05) is 20.8 Å². The quantitative estimate of drug-likeness (QED) is 0.544. The number of carboxylic acid groups (broad SMARTS) is 1. The third-order valence-corrected chi connectivity index (χ3v) is 7.57. The molecule has 2 rings (SSSR count). The van der Waals surface area contributed by atoms with Crippen molar-refractivity contribution in [3.8, 4) is 11.8 Å². The Morgan fingerprint density at radius 2 is 1.88 bits per heavy atom. The zero-order chi connectivity index (χ0) is 25.0. The minimum absolute atomic E-state index is 0.0275. The van der Waals surface area contributed by atoms with Gasteiger partial charge in [-0.15, -0.1) is 11.3 Å². The summed E-state index contributed by atoms with van der Waals surface area (Å²) in [6, 6.07) is 0.759. The van der Waals surface area contributed by atoms with Crippen LogP contribution >= 0.6 is 11.3 Å². The fourth-order valence-electron chi connectivity index (χ4n) is 3.96. The Kier molecular flexibility index (Phi) is 9.14. The van der Waals surface area contributed by atoms with E-state index in [-0.39, 0.29) is 40.2 Å². The molecule has 0 aliphatic heterocycles. The van der Waals surface area contributed by atoms with E-state index < -0.39 is 21.8 Å². The zero-order valence-electron chi connectivity index (χ0n) is 20.3. The van der Waals surface area contributed by atoms with Crippen molar-refractivity contribution in [1.29, 1.82) is 0 Å². The van der Waals surface area contributed by atoms with Crippen LogP contribution in [-0.4, -0.2) is 57.2 Å². The molecule has 1 atom stereocenters. The van der Waals surface area contributed by atoms with Crippen LogP contribution in [0, 0.1) is 29.1 Å². The van der Waals surface area contributed by atoms with Gasteiger partial charge in [0.05, 0.1) is 29.0 Å². The average Bonchev–Trinajstić information content (AvgIpc) is 3.10. The van der Waals surface area contributed by atoms with E-state index in [9.17, 15) is 23.1 Å². The van der Waals surface area contributed by atoms with Crippen molar-refractivity contribution in [2.45, 2.75) is 59.4 Å². The average molecular weight is 498 g/mol. The Hall–Kier alpha value is -1.89. The number of nitrogens with zero attached hydrogens (tertiary/aromatic N) is 1. The minimum Gasteiger partial charge on any atom is -0.477 e. The lowest BCUT2D eigenvalue weighted by Gasteiger charge is -2.35. The van der Waals surface area contributed by atoms with E-state index in [2.05, 4.69) is 18.8 Å². The van der Waals surface area contributed by atoms with Crippen LogP contribution in [0.15, 0.2) is 6.07 Å². The zero-order valence-corrected chi connectivity index (χ0v) is 21.9. The highest BCUT2D eigenvalue weighted by Crippen LogP contribution is 2.36. The van der Waals surface area contributed by atoms with Crippen molar-refractivity contribution < 1.29 is 27.9 Å². The molecule has 1 saturated carbocycles. The SMILES string of the molecule is COC[C@H](CS(C)(=O)=O)N(c1cc(C#CC(C)(C)C)sc1C(=O)O)C(=O)[C@H]1CC[C@H](C)CC1. The number of aromatic carboxylic acids is 1. The molecule has 0 aromatic carbocycles. The van der Waals surface area contributed by atoms with Gasteiger partial charge in [0.1, 0.15) is 14.7 Å². The summed E-state index contributed by atoms with van der Waals surface area (Å²) in [6.07, 6.45) is 4.30. The molecule has 1 heterocycles. The number of amides is 1. The van der Waals surface area contributed by atoms with E-state index >= 15 is 0 Å². The number of sulfone groups is 1. The Bertz CT molecular complexity index is 1020. The summed E-state index contributed by atoms with van der Waals surface area (Å²) in [5, 5.41) is 9.90. The van der Waals surface area contributed by atoms with Gasteiger partial charge in [0.2, 0.25) is 5.91 Å². The lowest BCUT2D eigenvalue weighted by Crippen LogP contribution is -2.50. The number of ether oxygens (including phenoxy) is 1. The van der Waals surface area contributed by atoms with E-state index in [1.165, 1.54) is 12.0 Å². The van der Waals surface area contributed by atoms with Crippen molar-refractivity contribution in [1.82, 2.24) is 0 Å². The summed E-state index contributed by atoms with van der Waals surface area (Å²) < 4.78 is 29.7. The highest BCUT2D eigenvalue weighted by Gasteiger charge is 2.37. The molecule has 0 radical (unpaired) electrons. The second-order valence-corrected chi connectivity index (χ2v) is 13.2. The molecule has 1 aromatic rings. The Labute approximate surface area is 201 Å². The maximum Gasteiger partial charge on any atom is 0.348 e. The van der Waals surface area contributed by atoms with E-state index in [1.54, 1.807) is 6.07 Å². The molecule has 0 unspecified atom stereocenters. The topological polar surface area (TPSA) is 101 Å². The number of methoxy groups -OCH3 is 1. The number of thiophene rings is 1. The van der Waals surface area contributed by atoms with Crippen LogP contribution in [0.4, 0.5) is 5.69 Å². The molecule has 9 heteroatoms. The Balaban J connectivity index is 2.62. The number of hydrogen-bond donors (Lipinski definition) is 1. The number of anilines is 1. The highest BCUT2D eigenvalue weighted by molar-refractivity contribution is 7.90. The number of carbonyl (C=O) groups is 2. The van der Waals surface area contributed by atoms with E-state index in [0.717, 1.165) is 30.4 Å². The molecule has 1 aliphatic carbocycles. The van der Waals surface area contributed by atoms with Crippen molar-refractivity contribution in [2.75, 3.05) is 30.6 Å². The monoisotopic (exact) mass is 497 g/mol. The predicted molar refractivity (Wildman–Crippen MR) is 132 cm³/mol. The molecule has 0 spiro atoms. The Morgan fingerprint density at radius 1 is 1.27 bits per heavy atom. The van der Waals surface area contributed by atoms with Crippen LogP contribution in [0.5, 0.6) is 0 Å². The highest BCUT2D eigenvalue weighted by atomic mass is 32.2. The maximum absolute atomic E-state index is 13.8. The van der Waals surface area contributed by atoms with Gasteiger partial charge in [-0.25, -0.2) is 13.2 Å². The molecule has 1 aliphatic rings. The van der Waals surface area contributed by atoms with Gasteiger partial charge < -0.3 is 14.7 Å². The lowest BCUT2D eigenvalue weighted by molar-refractivity contribution is -0.124. The van der Waals surface area contributed by atoms with Gasteiger partial charge in [-0.05, 0) is 58.4 Å². The Morgan fingerprint density at radius 3 is 2.36 bits per heavy atom. The van der Waals surface area contributed by atoms with Gasteiger partial charge in [0.25, 0.3) is 0 Å². The number of hydrogen-bond acceptors (Lipinski definition) is 6. The van der Waals surface area contributed by atoms with Crippen molar-refractivity contribution >= 4 is 38.7 Å². The third-order valence-electron chi connectivity index (χ3n) is 5.55. The van der Waals surface area contributed by atoms with Gasteiger partial charge in [-0.2, -0.15) is 0 Å². The molecule has 33 heavy (non-hydrogen) atoms. The van der Waals surface area contributed by atoms with E-state index in [4.69, 9.17) is 4.74 Å². The van der Waals surface area contributed by atoms with Crippen LogP contribution in [0.25, 0.3) is 0 Å². The fourth-order valence-corrected chi connectivity index (χ4v) is 5.75. The van der Waals surface area contributed by atoms with Gasteiger partial charge in [-0.3, -0.25) is 4.79 Å². The van der Waals surface area contributed by atoms with Crippen LogP contribution in [0.2, 0.25) is 0 Å². The molecule has 1 aromatic heterocycles. The first-order chi connectivity index (χ1) is 15.2. The first-order valence-corrected chi connectivity index (χ1v) is 14.0. The molecule has 1 amide bonds. The summed E-state index contributed by atoms with van der Waals surface area (Å²) in [5.74, 6) is 4.60. The molecular formula is C24H35NO6S2. The number of carbonyl (C=O) groups excluding carboxylic acids is 1. The largest absolute Gasteiger partial charge is 0.477 e. The molecule has 7 nitrogen and oxygen atoms in total.